The zero-order valence-electron chi connectivity index (χ0n) is 8.00. The van der Waals surface area contributed by atoms with Crippen LogP contribution in [-0.2, 0) is 4.79 Å². The molecule has 0 aliphatic carbocycles. The lowest BCUT2D eigenvalue weighted by Gasteiger charge is -2.25. The van der Waals surface area contributed by atoms with E-state index in [0.717, 1.165) is 0 Å². The molecule has 2 atom stereocenters. The first-order valence-electron chi connectivity index (χ1n) is 4.37. The molecule has 0 spiro atoms. The van der Waals surface area contributed by atoms with E-state index in [2.05, 4.69) is 0 Å². The van der Waals surface area contributed by atoms with Gasteiger partial charge in [-0.2, -0.15) is 0 Å². The second-order valence-electron chi connectivity index (χ2n) is 3.49. The quantitative estimate of drug-likeness (QED) is 0.666. The van der Waals surface area contributed by atoms with E-state index in [9.17, 15) is 9.90 Å². The molecule has 0 saturated carbocycles. The molecule has 0 saturated heterocycles. The van der Waals surface area contributed by atoms with Gasteiger partial charge in [-0.05, 0) is 26.2 Å². The third-order valence-corrected chi connectivity index (χ3v) is 2.45. The fourth-order valence-corrected chi connectivity index (χ4v) is 1.05. The van der Waals surface area contributed by atoms with Crippen molar-refractivity contribution in [3.05, 3.63) is 0 Å². The summed E-state index contributed by atoms with van der Waals surface area (Å²) in [7, 11) is 0. The van der Waals surface area contributed by atoms with E-state index in [0.29, 0.717) is 19.3 Å². The van der Waals surface area contributed by atoms with Gasteiger partial charge in [0, 0.05) is 0 Å². The average molecular weight is 174 g/mol. The Morgan fingerprint density at radius 2 is 2.00 bits per heavy atom. The molecule has 0 radical (unpaired) electrons. The monoisotopic (exact) mass is 174 g/mol. The third-order valence-electron chi connectivity index (χ3n) is 2.45. The van der Waals surface area contributed by atoms with E-state index in [1.165, 1.54) is 0 Å². The first-order valence-corrected chi connectivity index (χ1v) is 4.37. The van der Waals surface area contributed by atoms with Gasteiger partial charge in [0.15, 0.2) is 0 Å². The maximum absolute atomic E-state index is 10.8. The number of carboxylic acid groups (broad SMARTS) is 1. The van der Waals surface area contributed by atoms with Crippen molar-refractivity contribution in [3.8, 4) is 0 Å². The van der Waals surface area contributed by atoms with E-state index in [1.54, 1.807) is 6.92 Å². The molecule has 0 aromatic carbocycles. The van der Waals surface area contributed by atoms with Crippen molar-refractivity contribution in [2.45, 2.75) is 46.1 Å². The first-order chi connectivity index (χ1) is 5.46. The number of rotatable bonds is 5. The van der Waals surface area contributed by atoms with Crippen LogP contribution in [0.3, 0.4) is 0 Å². The highest BCUT2D eigenvalue weighted by atomic mass is 16.4. The second-order valence-corrected chi connectivity index (χ2v) is 3.49. The Balaban J connectivity index is 4.23. The van der Waals surface area contributed by atoms with Crippen LogP contribution >= 0.6 is 0 Å². The van der Waals surface area contributed by atoms with Crippen LogP contribution in [0.25, 0.3) is 0 Å². The summed E-state index contributed by atoms with van der Waals surface area (Å²) in [6, 6.07) is 0. The molecule has 0 aromatic heterocycles. The number of hydrogen-bond acceptors (Lipinski definition) is 2. The van der Waals surface area contributed by atoms with Gasteiger partial charge in [-0.1, -0.05) is 13.8 Å². The number of aliphatic hydroxyl groups excluding tert-OH is 1. The third kappa shape index (κ3) is 2.81. The SMILES string of the molecule is CCC(O)CC(C)(CC)C(=O)O. The lowest BCUT2D eigenvalue weighted by Crippen LogP contribution is -2.31. The molecule has 0 fully saturated rings. The van der Waals surface area contributed by atoms with Crippen molar-refractivity contribution in [1.82, 2.24) is 0 Å². The average Bonchev–Trinajstić information content (AvgIpc) is 2.03. The first kappa shape index (κ1) is 11.4. The molecule has 12 heavy (non-hydrogen) atoms. The number of carboxylic acids is 1. The summed E-state index contributed by atoms with van der Waals surface area (Å²) in [5, 5.41) is 18.2. The van der Waals surface area contributed by atoms with Crippen LogP contribution in [0.15, 0.2) is 0 Å². The summed E-state index contributed by atoms with van der Waals surface area (Å²) in [5.41, 5.74) is -0.768. The summed E-state index contributed by atoms with van der Waals surface area (Å²) < 4.78 is 0. The normalized spacial score (nSPS) is 18.3. The van der Waals surface area contributed by atoms with Crippen molar-refractivity contribution in [2.75, 3.05) is 0 Å². The second kappa shape index (κ2) is 4.45. The summed E-state index contributed by atoms with van der Waals surface area (Å²) >= 11 is 0. The van der Waals surface area contributed by atoms with E-state index in [1.807, 2.05) is 13.8 Å². The minimum Gasteiger partial charge on any atom is -0.481 e. The molecular formula is C9H18O3. The van der Waals surface area contributed by atoms with E-state index >= 15 is 0 Å². The summed E-state index contributed by atoms with van der Waals surface area (Å²) in [6.07, 6.45) is 1.02. The van der Waals surface area contributed by atoms with Gasteiger partial charge >= 0.3 is 5.97 Å². The van der Waals surface area contributed by atoms with Crippen molar-refractivity contribution in [1.29, 1.82) is 0 Å². The predicted octanol–water partition coefficient (Wildman–Crippen LogP) is 1.65. The molecule has 0 aliphatic heterocycles. The summed E-state index contributed by atoms with van der Waals surface area (Å²) in [5.74, 6) is -0.822. The molecule has 72 valence electrons. The molecule has 2 N–H and O–H groups in total. The summed E-state index contributed by atoms with van der Waals surface area (Å²) in [6.45, 7) is 5.35. The molecule has 0 rings (SSSR count). The van der Waals surface area contributed by atoms with E-state index in [4.69, 9.17) is 5.11 Å². The maximum Gasteiger partial charge on any atom is 0.309 e. The minimum atomic E-state index is -0.822. The Labute approximate surface area is 73.4 Å². The van der Waals surface area contributed by atoms with Crippen molar-refractivity contribution < 1.29 is 15.0 Å². The van der Waals surface area contributed by atoms with Crippen LogP contribution in [0.4, 0.5) is 0 Å². The smallest absolute Gasteiger partial charge is 0.309 e. The van der Waals surface area contributed by atoms with Crippen LogP contribution in [-0.4, -0.2) is 22.3 Å². The lowest BCUT2D eigenvalue weighted by atomic mass is 9.81. The van der Waals surface area contributed by atoms with E-state index in [-0.39, 0.29) is 0 Å². The van der Waals surface area contributed by atoms with Gasteiger partial charge in [-0.15, -0.1) is 0 Å². The standard InChI is InChI=1S/C9H18O3/c1-4-7(10)6-9(3,5-2)8(11)12/h7,10H,4-6H2,1-3H3,(H,11,12). The number of aliphatic hydroxyl groups is 1. The van der Waals surface area contributed by atoms with Gasteiger partial charge in [0.25, 0.3) is 0 Å². The molecule has 3 heteroatoms. The molecule has 0 aromatic rings. The topological polar surface area (TPSA) is 57.5 Å². The Kier molecular flexibility index (Phi) is 4.24. The Morgan fingerprint density at radius 3 is 2.25 bits per heavy atom. The van der Waals surface area contributed by atoms with Crippen LogP contribution in [0.5, 0.6) is 0 Å². The summed E-state index contributed by atoms with van der Waals surface area (Å²) in [4.78, 5) is 10.8. The predicted molar refractivity (Wildman–Crippen MR) is 46.9 cm³/mol. The highest BCUT2D eigenvalue weighted by Crippen LogP contribution is 2.28. The molecule has 2 unspecified atom stereocenters. The van der Waals surface area contributed by atoms with Crippen LogP contribution in [0, 0.1) is 5.41 Å². The largest absolute Gasteiger partial charge is 0.481 e. The van der Waals surface area contributed by atoms with Gasteiger partial charge in [0.05, 0.1) is 11.5 Å². The number of aliphatic carboxylic acids is 1. The van der Waals surface area contributed by atoms with Crippen molar-refractivity contribution >= 4 is 5.97 Å². The highest BCUT2D eigenvalue weighted by molar-refractivity contribution is 5.74. The van der Waals surface area contributed by atoms with Gasteiger partial charge in [-0.3, -0.25) is 4.79 Å². The molecule has 0 aliphatic rings. The Hall–Kier alpha value is -0.570. The van der Waals surface area contributed by atoms with E-state index < -0.39 is 17.5 Å². The molecule has 0 bridgehead atoms. The maximum atomic E-state index is 10.8. The zero-order valence-corrected chi connectivity index (χ0v) is 8.00. The highest BCUT2D eigenvalue weighted by Gasteiger charge is 2.32. The molecule has 0 amide bonds. The van der Waals surface area contributed by atoms with Gasteiger partial charge in [0.1, 0.15) is 0 Å². The minimum absolute atomic E-state index is 0.343. The zero-order chi connectivity index (χ0) is 9.78. The lowest BCUT2D eigenvalue weighted by molar-refractivity contribution is -0.150. The molecule has 3 nitrogen and oxygen atoms in total. The Morgan fingerprint density at radius 1 is 1.50 bits per heavy atom. The van der Waals surface area contributed by atoms with Crippen LogP contribution in [0.2, 0.25) is 0 Å². The molecule has 0 heterocycles. The van der Waals surface area contributed by atoms with Crippen LogP contribution < -0.4 is 0 Å². The van der Waals surface area contributed by atoms with Gasteiger partial charge in [-0.25, -0.2) is 0 Å². The van der Waals surface area contributed by atoms with Gasteiger partial charge in [0.2, 0.25) is 0 Å². The van der Waals surface area contributed by atoms with Crippen LogP contribution in [0.1, 0.15) is 40.0 Å². The van der Waals surface area contributed by atoms with Gasteiger partial charge < -0.3 is 10.2 Å². The molecular weight excluding hydrogens is 156 g/mol. The Bertz CT molecular complexity index is 156. The van der Waals surface area contributed by atoms with Crippen molar-refractivity contribution in [3.63, 3.8) is 0 Å². The fourth-order valence-electron chi connectivity index (χ4n) is 1.05. The number of carbonyl (C=O) groups is 1. The number of hydrogen-bond donors (Lipinski definition) is 2. The fraction of sp³-hybridized carbons (Fsp3) is 0.889. The van der Waals surface area contributed by atoms with Crippen molar-refractivity contribution in [2.24, 2.45) is 5.41 Å².